The van der Waals surface area contributed by atoms with Gasteiger partial charge in [-0.1, -0.05) is 25.0 Å². The predicted octanol–water partition coefficient (Wildman–Crippen LogP) is 3.36. The zero-order valence-corrected chi connectivity index (χ0v) is 12.7. The summed E-state index contributed by atoms with van der Waals surface area (Å²) in [4.78, 5) is 4.17. The van der Waals surface area contributed by atoms with E-state index in [-0.39, 0.29) is 0 Å². The van der Waals surface area contributed by atoms with Gasteiger partial charge in [0.2, 0.25) is 0 Å². The van der Waals surface area contributed by atoms with E-state index in [1.165, 1.54) is 37.8 Å². The standard InChI is InChI=1S/C16H22F3N3/c1-20-15(22-14-4-2-3-5-14)21-11-10-12-6-8-13(9-7-12)16(17,18)19/h6-9,14H,2-5,10-11H2,1H3,(H2,20,21,22). The van der Waals surface area contributed by atoms with Gasteiger partial charge in [-0.2, -0.15) is 13.2 Å². The first-order valence-electron chi connectivity index (χ1n) is 7.62. The average Bonchev–Trinajstić information content (AvgIpc) is 2.99. The molecule has 22 heavy (non-hydrogen) atoms. The van der Waals surface area contributed by atoms with Gasteiger partial charge in [-0.15, -0.1) is 0 Å². The zero-order valence-electron chi connectivity index (χ0n) is 12.7. The molecule has 0 radical (unpaired) electrons. The monoisotopic (exact) mass is 313 g/mol. The van der Waals surface area contributed by atoms with E-state index >= 15 is 0 Å². The number of rotatable bonds is 4. The first-order valence-corrected chi connectivity index (χ1v) is 7.62. The number of halogens is 3. The molecule has 0 aromatic heterocycles. The Bertz CT molecular complexity index is 488. The van der Waals surface area contributed by atoms with Crippen LogP contribution in [-0.2, 0) is 12.6 Å². The van der Waals surface area contributed by atoms with Crippen molar-refractivity contribution in [2.24, 2.45) is 4.99 Å². The van der Waals surface area contributed by atoms with Crippen LogP contribution in [0.5, 0.6) is 0 Å². The molecule has 0 heterocycles. The fourth-order valence-electron chi connectivity index (χ4n) is 2.64. The fourth-order valence-corrected chi connectivity index (χ4v) is 2.64. The molecular formula is C16H22F3N3. The Hall–Kier alpha value is -1.72. The van der Waals surface area contributed by atoms with Crippen molar-refractivity contribution in [3.8, 4) is 0 Å². The van der Waals surface area contributed by atoms with Crippen molar-refractivity contribution in [1.82, 2.24) is 10.6 Å². The number of guanidine groups is 1. The Morgan fingerprint density at radius 1 is 1.18 bits per heavy atom. The molecule has 2 rings (SSSR count). The molecule has 1 aliphatic carbocycles. The van der Waals surface area contributed by atoms with E-state index in [9.17, 15) is 13.2 Å². The molecule has 3 nitrogen and oxygen atoms in total. The highest BCUT2D eigenvalue weighted by molar-refractivity contribution is 5.79. The SMILES string of the molecule is CN=C(NCCc1ccc(C(F)(F)F)cc1)NC1CCCC1. The number of nitrogens with zero attached hydrogens (tertiary/aromatic N) is 1. The van der Waals surface area contributed by atoms with Crippen LogP contribution in [0.4, 0.5) is 13.2 Å². The van der Waals surface area contributed by atoms with E-state index in [2.05, 4.69) is 15.6 Å². The van der Waals surface area contributed by atoms with E-state index in [1.54, 1.807) is 7.05 Å². The lowest BCUT2D eigenvalue weighted by Crippen LogP contribution is -2.42. The van der Waals surface area contributed by atoms with E-state index in [0.717, 1.165) is 23.7 Å². The summed E-state index contributed by atoms with van der Waals surface area (Å²) in [5.74, 6) is 0.763. The summed E-state index contributed by atoms with van der Waals surface area (Å²) in [5.41, 5.74) is 0.264. The van der Waals surface area contributed by atoms with Gasteiger partial charge in [0, 0.05) is 19.6 Å². The van der Waals surface area contributed by atoms with E-state index in [0.29, 0.717) is 19.0 Å². The molecule has 1 aromatic carbocycles. The van der Waals surface area contributed by atoms with Crippen LogP contribution in [0.25, 0.3) is 0 Å². The average molecular weight is 313 g/mol. The molecule has 1 saturated carbocycles. The first-order chi connectivity index (χ1) is 10.5. The maximum Gasteiger partial charge on any atom is 0.416 e. The molecule has 1 fully saturated rings. The van der Waals surface area contributed by atoms with Gasteiger partial charge >= 0.3 is 6.18 Å². The van der Waals surface area contributed by atoms with E-state index in [4.69, 9.17) is 0 Å². The van der Waals surface area contributed by atoms with Crippen LogP contribution in [0.1, 0.15) is 36.8 Å². The highest BCUT2D eigenvalue weighted by atomic mass is 19.4. The van der Waals surface area contributed by atoms with Crippen molar-refractivity contribution in [1.29, 1.82) is 0 Å². The second kappa shape index (κ2) is 7.51. The summed E-state index contributed by atoms with van der Waals surface area (Å²) in [7, 11) is 1.72. The van der Waals surface area contributed by atoms with Crippen LogP contribution >= 0.6 is 0 Å². The van der Waals surface area contributed by atoms with Gasteiger partial charge < -0.3 is 10.6 Å². The number of aliphatic imine (C=N–C) groups is 1. The minimum Gasteiger partial charge on any atom is -0.356 e. The Morgan fingerprint density at radius 2 is 1.82 bits per heavy atom. The third-order valence-electron chi connectivity index (χ3n) is 3.91. The van der Waals surface area contributed by atoms with Crippen LogP contribution in [0.3, 0.4) is 0 Å². The maximum atomic E-state index is 12.5. The molecule has 0 aliphatic heterocycles. The van der Waals surface area contributed by atoms with Gasteiger partial charge in [0.05, 0.1) is 5.56 Å². The minimum absolute atomic E-state index is 0.484. The quantitative estimate of drug-likeness (QED) is 0.660. The van der Waals surface area contributed by atoms with Crippen molar-refractivity contribution in [2.45, 2.75) is 44.3 Å². The minimum atomic E-state index is -4.27. The second-order valence-electron chi connectivity index (χ2n) is 5.57. The number of nitrogens with one attached hydrogen (secondary N) is 2. The molecule has 0 bridgehead atoms. The molecule has 0 spiro atoms. The van der Waals surface area contributed by atoms with Crippen molar-refractivity contribution in [3.05, 3.63) is 35.4 Å². The Kier molecular flexibility index (Phi) is 5.69. The van der Waals surface area contributed by atoms with E-state index in [1.807, 2.05) is 0 Å². The van der Waals surface area contributed by atoms with Crippen LogP contribution in [-0.4, -0.2) is 25.6 Å². The van der Waals surface area contributed by atoms with Crippen molar-refractivity contribution < 1.29 is 13.2 Å². The topological polar surface area (TPSA) is 36.4 Å². The summed E-state index contributed by atoms with van der Waals surface area (Å²) in [5, 5.41) is 6.58. The van der Waals surface area contributed by atoms with Gasteiger partial charge in [0.25, 0.3) is 0 Å². The van der Waals surface area contributed by atoms with Crippen LogP contribution in [0.2, 0.25) is 0 Å². The van der Waals surface area contributed by atoms with Gasteiger partial charge in [0.1, 0.15) is 0 Å². The molecule has 0 amide bonds. The number of hydrogen-bond donors (Lipinski definition) is 2. The molecular weight excluding hydrogens is 291 g/mol. The normalized spacial score (nSPS) is 16.8. The largest absolute Gasteiger partial charge is 0.416 e. The predicted molar refractivity (Wildman–Crippen MR) is 81.9 cm³/mol. The Balaban J connectivity index is 1.77. The molecule has 0 unspecified atom stereocenters. The molecule has 1 aromatic rings. The smallest absolute Gasteiger partial charge is 0.356 e. The third-order valence-corrected chi connectivity index (χ3v) is 3.91. The number of alkyl halides is 3. The maximum absolute atomic E-state index is 12.5. The summed E-state index contributed by atoms with van der Waals surface area (Å²) < 4.78 is 37.4. The van der Waals surface area contributed by atoms with Gasteiger partial charge in [-0.05, 0) is 37.0 Å². The van der Waals surface area contributed by atoms with Crippen LogP contribution < -0.4 is 10.6 Å². The number of benzene rings is 1. The summed E-state index contributed by atoms with van der Waals surface area (Å²) >= 11 is 0. The summed E-state index contributed by atoms with van der Waals surface area (Å²) in [6.07, 6.45) is 1.22. The lowest BCUT2D eigenvalue weighted by atomic mass is 10.1. The molecule has 1 aliphatic rings. The van der Waals surface area contributed by atoms with Crippen molar-refractivity contribution in [3.63, 3.8) is 0 Å². The molecule has 6 heteroatoms. The van der Waals surface area contributed by atoms with Crippen molar-refractivity contribution in [2.75, 3.05) is 13.6 Å². The second-order valence-corrected chi connectivity index (χ2v) is 5.57. The van der Waals surface area contributed by atoms with Crippen LogP contribution in [0, 0.1) is 0 Å². The van der Waals surface area contributed by atoms with Crippen molar-refractivity contribution >= 4 is 5.96 Å². The fraction of sp³-hybridized carbons (Fsp3) is 0.562. The Labute approximate surface area is 129 Å². The van der Waals surface area contributed by atoms with E-state index < -0.39 is 11.7 Å². The first kappa shape index (κ1) is 16.6. The Morgan fingerprint density at radius 3 is 2.36 bits per heavy atom. The van der Waals surface area contributed by atoms with Gasteiger partial charge in [-0.3, -0.25) is 4.99 Å². The van der Waals surface area contributed by atoms with Crippen LogP contribution in [0.15, 0.2) is 29.3 Å². The highest BCUT2D eigenvalue weighted by Gasteiger charge is 2.29. The number of hydrogen-bond acceptors (Lipinski definition) is 1. The van der Waals surface area contributed by atoms with Gasteiger partial charge in [-0.25, -0.2) is 0 Å². The molecule has 122 valence electrons. The third kappa shape index (κ3) is 4.93. The zero-order chi connectivity index (χ0) is 16.0. The molecule has 0 saturated heterocycles. The summed E-state index contributed by atoms with van der Waals surface area (Å²) in [6.45, 7) is 0.637. The lowest BCUT2D eigenvalue weighted by Gasteiger charge is -2.16. The molecule has 0 atom stereocenters. The van der Waals surface area contributed by atoms with Gasteiger partial charge in [0.15, 0.2) is 5.96 Å². The summed E-state index contributed by atoms with van der Waals surface area (Å²) in [6, 6.07) is 5.79. The highest BCUT2D eigenvalue weighted by Crippen LogP contribution is 2.29. The molecule has 2 N–H and O–H groups in total. The lowest BCUT2D eigenvalue weighted by molar-refractivity contribution is -0.137.